The smallest absolute Gasteiger partial charge is 0.229 e. The van der Waals surface area contributed by atoms with Crippen molar-refractivity contribution in [1.29, 1.82) is 5.26 Å². The molecule has 29 heavy (non-hydrogen) atoms. The van der Waals surface area contributed by atoms with Crippen molar-refractivity contribution in [2.24, 2.45) is 0 Å². The molecule has 0 radical (unpaired) electrons. The van der Waals surface area contributed by atoms with Gasteiger partial charge in [0.15, 0.2) is 0 Å². The average Bonchev–Trinajstić information content (AvgIpc) is 2.98. The molecule has 0 bridgehead atoms. The Morgan fingerprint density at radius 2 is 2.07 bits per heavy atom. The van der Waals surface area contributed by atoms with Crippen molar-refractivity contribution in [3.63, 3.8) is 0 Å². The van der Waals surface area contributed by atoms with Crippen molar-refractivity contribution < 1.29 is 9.90 Å². The van der Waals surface area contributed by atoms with Crippen LogP contribution in [0.25, 0.3) is 11.0 Å². The number of halogens is 1. The average molecular weight is 409 g/mol. The number of nitrogens with one attached hydrogen (secondary N) is 1. The van der Waals surface area contributed by atoms with Crippen LogP contribution in [0.3, 0.4) is 0 Å². The molecule has 1 heterocycles. The lowest BCUT2D eigenvalue weighted by atomic mass is 9.92. The molecule has 1 aromatic heterocycles. The van der Waals surface area contributed by atoms with E-state index in [-0.39, 0.29) is 18.4 Å². The number of amides is 1. The Kier molecular flexibility index (Phi) is 5.03. The highest BCUT2D eigenvalue weighted by atomic mass is 35.5. The lowest BCUT2D eigenvalue weighted by Crippen LogP contribution is -2.30. The summed E-state index contributed by atoms with van der Waals surface area (Å²) in [6, 6.07) is 14.8. The fraction of sp³-hybridized carbons (Fsp3) is 0.318. The highest BCUT2D eigenvalue weighted by molar-refractivity contribution is 6.32. The highest BCUT2D eigenvalue weighted by Gasteiger charge is 2.30. The van der Waals surface area contributed by atoms with Gasteiger partial charge in [-0.2, -0.15) is 5.26 Å². The first-order valence-electron chi connectivity index (χ1n) is 9.59. The quantitative estimate of drug-likeness (QED) is 0.649. The van der Waals surface area contributed by atoms with Gasteiger partial charge in [-0.05, 0) is 43.9 Å². The number of nitrogens with zero attached hydrogens (tertiary/aromatic N) is 3. The van der Waals surface area contributed by atoms with Crippen LogP contribution in [0.1, 0.15) is 49.8 Å². The molecule has 148 valence electrons. The van der Waals surface area contributed by atoms with Crippen LogP contribution >= 0.6 is 11.6 Å². The van der Waals surface area contributed by atoms with Gasteiger partial charge in [-0.25, -0.2) is 4.98 Å². The first-order valence-corrected chi connectivity index (χ1v) is 9.97. The van der Waals surface area contributed by atoms with Crippen LogP contribution in [0, 0.1) is 11.3 Å². The number of rotatable bonds is 5. The van der Waals surface area contributed by atoms with E-state index in [4.69, 9.17) is 11.6 Å². The summed E-state index contributed by atoms with van der Waals surface area (Å²) in [5.41, 5.74) is 0.985. The largest absolute Gasteiger partial charge is 0.385 e. The molecular formula is C22H21ClN4O2. The first-order chi connectivity index (χ1) is 13.9. The van der Waals surface area contributed by atoms with E-state index >= 15 is 0 Å². The third kappa shape index (κ3) is 3.59. The molecule has 0 aliphatic heterocycles. The molecule has 1 aliphatic carbocycles. The second kappa shape index (κ2) is 7.51. The Hall–Kier alpha value is -2.88. The molecule has 1 unspecified atom stereocenters. The van der Waals surface area contributed by atoms with Crippen LogP contribution < -0.4 is 5.32 Å². The molecule has 0 saturated heterocycles. The molecule has 0 spiro atoms. The molecule has 1 saturated carbocycles. The second-order valence-corrected chi connectivity index (χ2v) is 8.06. The van der Waals surface area contributed by atoms with Crippen molar-refractivity contribution >= 4 is 34.5 Å². The van der Waals surface area contributed by atoms with Gasteiger partial charge in [-0.15, -0.1) is 0 Å². The zero-order valence-electron chi connectivity index (χ0n) is 16.0. The van der Waals surface area contributed by atoms with Crippen molar-refractivity contribution in [2.75, 3.05) is 5.32 Å². The third-order valence-electron chi connectivity index (χ3n) is 5.50. The van der Waals surface area contributed by atoms with Gasteiger partial charge in [0, 0.05) is 6.04 Å². The Balaban J connectivity index is 1.67. The molecule has 6 nitrogen and oxygen atoms in total. The summed E-state index contributed by atoms with van der Waals surface area (Å²) >= 11 is 6.23. The molecule has 2 aromatic carbocycles. The molecule has 4 rings (SSSR count). The van der Waals surface area contributed by atoms with Gasteiger partial charge in [-0.3, -0.25) is 10.1 Å². The van der Waals surface area contributed by atoms with E-state index in [0.717, 1.165) is 19.3 Å². The van der Waals surface area contributed by atoms with Crippen LogP contribution in [0.5, 0.6) is 0 Å². The number of hydrogen-bond donors (Lipinski definition) is 2. The summed E-state index contributed by atoms with van der Waals surface area (Å²) in [4.78, 5) is 17.3. The highest BCUT2D eigenvalue weighted by Crippen LogP contribution is 2.39. The molecular weight excluding hydrogens is 388 g/mol. The fourth-order valence-electron chi connectivity index (χ4n) is 3.74. The minimum Gasteiger partial charge on any atom is -0.385 e. The molecule has 1 aliphatic rings. The van der Waals surface area contributed by atoms with Gasteiger partial charge < -0.3 is 9.67 Å². The second-order valence-electron chi connectivity index (χ2n) is 7.66. The Morgan fingerprint density at radius 3 is 2.69 bits per heavy atom. The summed E-state index contributed by atoms with van der Waals surface area (Å²) in [7, 11) is 0. The summed E-state index contributed by atoms with van der Waals surface area (Å²) < 4.78 is 1.92. The number of anilines is 1. The number of hydrogen-bond acceptors (Lipinski definition) is 4. The zero-order chi connectivity index (χ0) is 20.6. The third-order valence-corrected chi connectivity index (χ3v) is 5.82. The van der Waals surface area contributed by atoms with Gasteiger partial charge in [-0.1, -0.05) is 41.9 Å². The number of benzene rings is 2. The van der Waals surface area contributed by atoms with E-state index < -0.39 is 5.60 Å². The van der Waals surface area contributed by atoms with Crippen LogP contribution in [0.15, 0.2) is 42.5 Å². The maximum atomic E-state index is 12.8. The number of carbonyl (C=O) groups excluding carboxylic acids is 1. The van der Waals surface area contributed by atoms with Gasteiger partial charge in [0.2, 0.25) is 11.9 Å². The molecule has 7 heteroatoms. The number of fused-ring (bicyclic) bond motifs is 1. The summed E-state index contributed by atoms with van der Waals surface area (Å²) in [5.74, 6) is 0.0386. The number of imidazole rings is 1. The maximum absolute atomic E-state index is 12.8. The van der Waals surface area contributed by atoms with Crippen molar-refractivity contribution in [3.8, 4) is 6.07 Å². The van der Waals surface area contributed by atoms with E-state index in [1.165, 1.54) is 0 Å². The van der Waals surface area contributed by atoms with E-state index in [1.807, 2.05) is 22.8 Å². The van der Waals surface area contributed by atoms with Crippen LogP contribution in [0.2, 0.25) is 5.02 Å². The molecule has 3 aromatic rings. The minimum atomic E-state index is -1.31. The molecule has 1 fully saturated rings. The maximum Gasteiger partial charge on any atom is 0.229 e. The van der Waals surface area contributed by atoms with Crippen LogP contribution in [-0.4, -0.2) is 20.6 Å². The summed E-state index contributed by atoms with van der Waals surface area (Å²) in [5, 5.41) is 23.6. The number of nitriles is 1. The first kappa shape index (κ1) is 19.4. The monoisotopic (exact) mass is 408 g/mol. The van der Waals surface area contributed by atoms with Crippen LogP contribution in [-0.2, 0) is 10.4 Å². The van der Waals surface area contributed by atoms with E-state index in [0.29, 0.717) is 33.1 Å². The summed E-state index contributed by atoms with van der Waals surface area (Å²) in [6.45, 7) is 1.62. The van der Waals surface area contributed by atoms with Gasteiger partial charge in [0.05, 0.1) is 33.6 Å². The Labute approximate surface area is 173 Å². The van der Waals surface area contributed by atoms with Gasteiger partial charge >= 0.3 is 0 Å². The standard InChI is InChI=1S/C22H21ClN4O2/c1-22(29,14-6-3-2-4-7-14)12-19(28)26-21-25-18-11-10-17(23)16(13-24)20(18)27(21)15-8-5-9-15/h2-4,6-7,10-11,15,29H,5,8-9,12H2,1H3,(H,25,26,28). The Bertz CT molecular complexity index is 1110. The number of aliphatic hydroxyl groups is 1. The van der Waals surface area contributed by atoms with Gasteiger partial charge in [0.25, 0.3) is 0 Å². The van der Waals surface area contributed by atoms with E-state index in [9.17, 15) is 15.2 Å². The number of carbonyl (C=O) groups is 1. The van der Waals surface area contributed by atoms with Crippen molar-refractivity contribution in [3.05, 3.63) is 58.6 Å². The van der Waals surface area contributed by atoms with Crippen molar-refractivity contribution in [1.82, 2.24) is 9.55 Å². The van der Waals surface area contributed by atoms with Crippen molar-refractivity contribution in [2.45, 2.75) is 44.2 Å². The fourth-order valence-corrected chi connectivity index (χ4v) is 3.93. The summed E-state index contributed by atoms with van der Waals surface area (Å²) in [6.07, 6.45) is 2.88. The van der Waals surface area contributed by atoms with E-state index in [2.05, 4.69) is 16.4 Å². The zero-order valence-corrected chi connectivity index (χ0v) is 16.8. The molecule has 1 amide bonds. The minimum absolute atomic E-state index is 0.114. The predicted octanol–water partition coefficient (Wildman–Crippen LogP) is 4.52. The SMILES string of the molecule is CC(O)(CC(=O)Nc1nc2ccc(Cl)c(C#N)c2n1C1CCC1)c1ccccc1. The van der Waals surface area contributed by atoms with E-state index in [1.54, 1.807) is 31.2 Å². The normalized spacial score (nSPS) is 16.1. The number of aromatic nitrogens is 2. The lowest BCUT2D eigenvalue weighted by molar-refractivity contribution is -0.120. The lowest BCUT2D eigenvalue weighted by Gasteiger charge is -2.29. The molecule has 1 atom stereocenters. The van der Waals surface area contributed by atoms with Gasteiger partial charge in [0.1, 0.15) is 6.07 Å². The Morgan fingerprint density at radius 1 is 1.34 bits per heavy atom. The van der Waals surface area contributed by atoms with Crippen LogP contribution in [0.4, 0.5) is 5.95 Å². The molecule has 2 N–H and O–H groups in total. The topological polar surface area (TPSA) is 90.9 Å². The predicted molar refractivity (Wildman–Crippen MR) is 112 cm³/mol.